The number of carbonyl (C=O) groups excluding carboxylic acids is 2. The van der Waals surface area contributed by atoms with E-state index in [1.165, 1.54) is 7.11 Å². The topological polar surface area (TPSA) is 67.9 Å². The molecule has 2 aromatic carbocycles. The minimum atomic E-state index is -0.445. The number of aryl methyl sites for hydroxylation is 1. The number of amides is 2. The summed E-state index contributed by atoms with van der Waals surface area (Å²) in [7, 11) is 1.32. The van der Waals surface area contributed by atoms with Crippen LogP contribution in [0.3, 0.4) is 0 Å². The number of anilines is 1. The summed E-state index contributed by atoms with van der Waals surface area (Å²) in [6.45, 7) is 3.24. The molecule has 0 radical (unpaired) electrons. The number of ether oxygens (including phenoxy) is 2. The molecule has 0 aromatic heterocycles. The molecule has 1 saturated heterocycles. The molecule has 1 aliphatic rings. The van der Waals surface area contributed by atoms with E-state index in [0.29, 0.717) is 36.0 Å². The van der Waals surface area contributed by atoms with E-state index in [2.05, 4.69) is 5.32 Å². The molecule has 1 atom stereocenters. The number of rotatable bonds is 3. The van der Waals surface area contributed by atoms with Gasteiger partial charge in [-0.25, -0.2) is 9.59 Å². The number of urea groups is 1. The Hall–Kier alpha value is -2.57. The highest BCUT2D eigenvalue weighted by Gasteiger charge is 2.26. The first-order valence-corrected chi connectivity index (χ1v) is 8.97. The molecule has 0 spiro atoms. The fourth-order valence-electron chi connectivity index (χ4n) is 2.91. The number of morpholine rings is 1. The summed E-state index contributed by atoms with van der Waals surface area (Å²) in [5, 5.41) is 3.54. The maximum atomic E-state index is 12.7. The van der Waals surface area contributed by atoms with Crippen molar-refractivity contribution in [2.75, 3.05) is 32.1 Å². The van der Waals surface area contributed by atoms with Gasteiger partial charge in [-0.2, -0.15) is 0 Å². The molecule has 1 aliphatic heterocycles. The molecule has 1 N–H and O–H groups in total. The van der Waals surface area contributed by atoms with E-state index >= 15 is 0 Å². The van der Waals surface area contributed by atoms with E-state index in [1.54, 1.807) is 35.2 Å². The van der Waals surface area contributed by atoms with Gasteiger partial charge < -0.3 is 19.7 Å². The van der Waals surface area contributed by atoms with Crippen LogP contribution in [0, 0.1) is 6.92 Å². The van der Waals surface area contributed by atoms with E-state index in [1.807, 2.05) is 19.1 Å². The Bertz CT molecular complexity index is 838. The molecule has 0 aliphatic carbocycles. The van der Waals surface area contributed by atoms with Crippen LogP contribution in [0.15, 0.2) is 42.5 Å². The number of halogens is 1. The molecule has 1 fully saturated rings. The molecule has 2 aromatic rings. The summed E-state index contributed by atoms with van der Waals surface area (Å²) in [6.07, 6.45) is -0.204. The molecule has 0 unspecified atom stereocenters. The van der Waals surface area contributed by atoms with Gasteiger partial charge in [0.2, 0.25) is 0 Å². The van der Waals surface area contributed by atoms with Crippen molar-refractivity contribution in [1.82, 2.24) is 4.90 Å². The average molecular weight is 389 g/mol. The van der Waals surface area contributed by atoms with Gasteiger partial charge in [0.25, 0.3) is 0 Å². The summed E-state index contributed by atoms with van der Waals surface area (Å²) in [5.41, 5.74) is 2.80. The second-order valence-corrected chi connectivity index (χ2v) is 6.74. The quantitative estimate of drug-likeness (QED) is 0.806. The number of hydrogen-bond acceptors (Lipinski definition) is 4. The van der Waals surface area contributed by atoms with Gasteiger partial charge in [0.15, 0.2) is 0 Å². The van der Waals surface area contributed by atoms with Gasteiger partial charge in [0, 0.05) is 17.3 Å². The van der Waals surface area contributed by atoms with E-state index in [0.717, 1.165) is 11.1 Å². The number of carbonyl (C=O) groups is 2. The average Bonchev–Trinajstić information content (AvgIpc) is 2.69. The summed E-state index contributed by atoms with van der Waals surface area (Å²) in [4.78, 5) is 26.1. The number of methoxy groups -OCH3 is 1. The minimum Gasteiger partial charge on any atom is -0.465 e. The number of nitrogens with one attached hydrogen (secondary N) is 1. The Morgan fingerprint density at radius 1 is 1.22 bits per heavy atom. The van der Waals surface area contributed by atoms with Gasteiger partial charge in [0.1, 0.15) is 6.10 Å². The molecule has 6 nitrogen and oxygen atoms in total. The van der Waals surface area contributed by atoms with Crippen LogP contribution in [0.1, 0.15) is 27.6 Å². The first-order valence-electron chi connectivity index (χ1n) is 8.60. The first kappa shape index (κ1) is 19.2. The normalized spacial score (nSPS) is 16.7. The highest BCUT2D eigenvalue weighted by Crippen LogP contribution is 2.25. The second-order valence-electron chi connectivity index (χ2n) is 6.31. The zero-order valence-corrected chi connectivity index (χ0v) is 16.0. The van der Waals surface area contributed by atoms with E-state index in [-0.39, 0.29) is 12.1 Å². The summed E-state index contributed by atoms with van der Waals surface area (Å²) in [5.74, 6) is -0.445. The Morgan fingerprint density at radius 2 is 1.96 bits per heavy atom. The van der Waals surface area contributed by atoms with Gasteiger partial charge >= 0.3 is 12.0 Å². The smallest absolute Gasteiger partial charge is 0.337 e. The van der Waals surface area contributed by atoms with Crippen molar-refractivity contribution in [3.05, 3.63) is 64.2 Å². The summed E-state index contributed by atoms with van der Waals surface area (Å²) < 4.78 is 10.5. The van der Waals surface area contributed by atoms with Crippen molar-refractivity contribution < 1.29 is 19.1 Å². The lowest BCUT2D eigenvalue weighted by Gasteiger charge is -2.33. The predicted octanol–water partition coefficient (Wildman–Crippen LogP) is 4.04. The zero-order valence-electron chi connectivity index (χ0n) is 15.2. The monoisotopic (exact) mass is 388 g/mol. The van der Waals surface area contributed by atoms with Crippen LogP contribution >= 0.6 is 11.6 Å². The molecular formula is C20H21ClN2O4. The molecule has 3 rings (SSSR count). The minimum absolute atomic E-state index is 0.204. The Labute approximate surface area is 163 Å². The van der Waals surface area contributed by atoms with Crippen LogP contribution < -0.4 is 5.32 Å². The fraction of sp³-hybridized carbons (Fsp3) is 0.300. The van der Waals surface area contributed by atoms with Crippen molar-refractivity contribution in [2.45, 2.75) is 13.0 Å². The predicted molar refractivity (Wildman–Crippen MR) is 103 cm³/mol. The summed E-state index contributed by atoms with van der Waals surface area (Å²) in [6, 6.07) is 12.2. The van der Waals surface area contributed by atoms with Gasteiger partial charge in [-0.3, -0.25) is 0 Å². The molecule has 2 amide bonds. The molecule has 1 heterocycles. The Kier molecular flexibility index (Phi) is 5.98. The van der Waals surface area contributed by atoms with E-state index in [9.17, 15) is 9.59 Å². The third-order valence-corrected chi connectivity index (χ3v) is 4.75. The van der Waals surface area contributed by atoms with Crippen LogP contribution in [0.25, 0.3) is 0 Å². The maximum Gasteiger partial charge on any atom is 0.337 e. The SMILES string of the molecule is COC(=O)c1ccc(C)c(NC(=O)N2CCO[C@@H](c3ccc(Cl)cc3)C2)c1. The second kappa shape index (κ2) is 8.41. The van der Waals surface area contributed by atoms with Crippen molar-refractivity contribution in [3.8, 4) is 0 Å². The van der Waals surface area contributed by atoms with Crippen LogP contribution in [-0.4, -0.2) is 43.7 Å². The molecular weight excluding hydrogens is 368 g/mol. The fourth-order valence-corrected chi connectivity index (χ4v) is 3.03. The van der Waals surface area contributed by atoms with Crippen LogP contribution in [0.4, 0.5) is 10.5 Å². The third-order valence-electron chi connectivity index (χ3n) is 4.50. The summed E-state index contributed by atoms with van der Waals surface area (Å²) >= 11 is 5.93. The highest BCUT2D eigenvalue weighted by atomic mass is 35.5. The van der Waals surface area contributed by atoms with Crippen LogP contribution in [0.5, 0.6) is 0 Å². The van der Waals surface area contributed by atoms with Gasteiger partial charge in [-0.05, 0) is 42.3 Å². The van der Waals surface area contributed by atoms with Crippen LogP contribution in [0.2, 0.25) is 5.02 Å². The van der Waals surface area contributed by atoms with Crippen molar-refractivity contribution >= 4 is 29.3 Å². The molecule has 142 valence electrons. The molecule has 0 bridgehead atoms. The Balaban J connectivity index is 1.70. The number of esters is 1. The lowest BCUT2D eigenvalue weighted by atomic mass is 10.1. The third kappa shape index (κ3) is 4.59. The number of nitrogens with zero attached hydrogens (tertiary/aromatic N) is 1. The number of benzene rings is 2. The van der Waals surface area contributed by atoms with E-state index in [4.69, 9.17) is 21.1 Å². The number of hydrogen-bond donors (Lipinski definition) is 1. The molecule has 0 saturated carbocycles. The maximum absolute atomic E-state index is 12.7. The van der Waals surface area contributed by atoms with Crippen molar-refractivity contribution in [1.29, 1.82) is 0 Å². The van der Waals surface area contributed by atoms with Crippen molar-refractivity contribution in [3.63, 3.8) is 0 Å². The van der Waals surface area contributed by atoms with Gasteiger partial charge in [0.05, 0.1) is 25.8 Å². The van der Waals surface area contributed by atoms with Crippen molar-refractivity contribution in [2.24, 2.45) is 0 Å². The molecule has 27 heavy (non-hydrogen) atoms. The Morgan fingerprint density at radius 3 is 2.67 bits per heavy atom. The first-order chi connectivity index (χ1) is 13.0. The van der Waals surface area contributed by atoms with E-state index < -0.39 is 5.97 Å². The highest BCUT2D eigenvalue weighted by molar-refractivity contribution is 6.30. The molecule has 7 heteroatoms. The van der Waals surface area contributed by atoms with Crippen LogP contribution in [-0.2, 0) is 9.47 Å². The van der Waals surface area contributed by atoms with Gasteiger partial charge in [-0.1, -0.05) is 29.8 Å². The largest absolute Gasteiger partial charge is 0.465 e. The van der Waals surface area contributed by atoms with Gasteiger partial charge in [-0.15, -0.1) is 0 Å². The lowest BCUT2D eigenvalue weighted by Crippen LogP contribution is -2.44. The zero-order chi connectivity index (χ0) is 19.4. The lowest BCUT2D eigenvalue weighted by molar-refractivity contribution is -0.0135. The standard InChI is InChI=1S/C20H21ClN2O4/c1-13-3-4-15(19(24)26-2)11-17(13)22-20(25)23-9-10-27-18(12-23)14-5-7-16(21)8-6-14/h3-8,11,18H,9-10,12H2,1-2H3,(H,22,25)/t18-/m1/s1.